The van der Waals surface area contributed by atoms with Crippen molar-refractivity contribution in [2.24, 2.45) is 0 Å². The first-order chi connectivity index (χ1) is 14.5. The minimum Gasteiger partial charge on any atom is -0.497 e. The van der Waals surface area contributed by atoms with Crippen LogP contribution in [0.4, 0.5) is 0 Å². The molecule has 6 heteroatoms. The van der Waals surface area contributed by atoms with E-state index in [9.17, 15) is 5.11 Å². The highest BCUT2D eigenvalue weighted by Crippen LogP contribution is 2.28. The largest absolute Gasteiger partial charge is 0.497 e. The Bertz CT molecular complexity index is 790. The number of rotatable bonds is 12. The van der Waals surface area contributed by atoms with Gasteiger partial charge >= 0.3 is 0 Å². The maximum Gasteiger partial charge on any atom is 0.162 e. The zero-order valence-electron chi connectivity index (χ0n) is 18.7. The predicted octanol–water partition coefficient (Wildman–Crippen LogP) is 0.926. The van der Waals surface area contributed by atoms with Crippen molar-refractivity contribution < 1.29 is 29.5 Å². The summed E-state index contributed by atoms with van der Waals surface area (Å²) in [6, 6.07) is 14.3. The molecule has 164 valence electrons. The molecular formula is C24H36N2O4+2. The summed E-state index contributed by atoms with van der Waals surface area (Å²) >= 11 is 0. The van der Waals surface area contributed by atoms with Gasteiger partial charge in [0.15, 0.2) is 17.5 Å². The molecule has 0 saturated carbocycles. The van der Waals surface area contributed by atoms with Crippen LogP contribution in [0.25, 0.3) is 6.08 Å². The summed E-state index contributed by atoms with van der Waals surface area (Å²) in [4.78, 5) is 1.34. The van der Waals surface area contributed by atoms with Crippen LogP contribution < -0.4 is 24.4 Å². The smallest absolute Gasteiger partial charge is 0.162 e. The molecule has 0 aliphatic carbocycles. The molecule has 2 aromatic carbocycles. The Morgan fingerprint density at radius 3 is 2.33 bits per heavy atom. The fraction of sp³-hybridized carbons (Fsp3) is 0.417. The summed E-state index contributed by atoms with van der Waals surface area (Å²) in [5.74, 6) is 2.16. The quantitative estimate of drug-likeness (QED) is 0.482. The van der Waals surface area contributed by atoms with Crippen LogP contribution >= 0.6 is 0 Å². The minimum absolute atomic E-state index is 0.220. The molecule has 4 N–H and O–H groups in total. The highest BCUT2D eigenvalue weighted by molar-refractivity contribution is 5.55. The maximum absolute atomic E-state index is 10.4. The molecule has 0 fully saturated rings. The van der Waals surface area contributed by atoms with Crippen LogP contribution in [-0.2, 0) is 0 Å². The van der Waals surface area contributed by atoms with Gasteiger partial charge in [-0.15, -0.1) is 0 Å². The number of benzene rings is 2. The lowest BCUT2D eigenvalue weighted by Crippen LogP contribution is -3.09. The van der Waals surface area contributed by atoms with Gasteiger partial charge in [-0.2, -0.15) is 0 Å². The maximum atomic E-state index is 10.4. The Hall–Kier alpha value is -2.54. The van der Waals surface area contributed by atoms with Gasteiger partial charge in [-0.1, -0.05) is 18.2 Å². The third-order valence-electron chi connectivity index (χ3n) is 5.03. The highest BCUT2D eigenvalue weighted by Gasteiger charge is 2.21. The summed E-state index contributed by atoms with van der Waals surface area (Å²) < 4.78 is 16.5. The van der Waals surface area contributed by atoms with E-state index < -0.39 is 6.10 Å². The first kappa shape index (κ1) is 23.7. The van der Waals surface area contributed by atoms with Crippen LogP contribution in [0.2, 0.25) is 0 Å². The van der Waals surface area contributed by atoms with Gasteiger partial charge in [-0.25, -0.2) is 0 Å². The SMILES string of the molecule is C/C=C/c1ccc(OC[C@H](O)C[NH2+]C[C@@H](c2ccc(OC)cc2)[NH+](C)C)c(OC)c1. The van der Waals surface area contributed by atoms with E-state index in [1.54, 1.807) is 14.2 Å². The predicted molar refractivity (Wildman–Crippen MR) is 119 cm³/mol. The third kappa shape index (κ3) is 7.06. The van der Waals surface area contributed by atoms with Crippen LogP contribution in [-0.4, -0.2) is 59.2 Å². The molecule has 0 bridgehead atoms. The molecule has 0 aromatic heterocycles. The minimum atomic E-state index is -0.571. The van der Waals surface area contributed by atoms with E-state index in [0.717, 1.165) is 17.9 Å². The van der Waals surface area contributed by atoms with E-state index in [-0.39, 0.29) is 6.61 Å². The Morgan fingerprint density at radius 2 is 1.73 bits per heavy atom. The van der Waals surface area contributed by atoms with E-state index in [1.165, 1.54) is 10.5 Å². The van der Waals surface area contributed by atoms with Crippen molar-refractivity contribution in [3.05, 3.63) is 59.7 Å². The van der Waals surface area contributed by atoms with Crippen LogP contribution in [0, 0.1) is 0 Å². The normalized spacial score (nSPS) is 13.4. The van der Waals surface area contributed by atoms with Gasteiger partial charge in [-0.05, 0) is 48.9 Å². The number of hydrogen-bond donors (Lipinski definition) is 3. The number of aliphatic hydroxyl groups excluding tert-OH is 1. The second kappa shape index (κ2) is 12.2. The Morgan fingerprint density at radius 1 is 1.00 bits per heavy atom. The number of nitrogens with one attached hydrogen (secondary N) is 1. The van der Waals surface area contributed by atoms with Crippen molar-refractivity contribution >= 4 is 6.08 Å². The van der Waals surface area contributed by atoms with Crippen molar-refractivity contribution in [1.29, 1.82) is 0 Å². The molecular weight excluding hydrogens is 380 g/mol. The van der Waals surface area contributed by atoms with Crippen molar-refractivity contribution in [2.75, 3.05) is 48.0 Å². The number of ether oxygens (including phenoxy) is 3. The lowest BCUT2D eigenvalue weighted by atomic mass is 10.1. The summed E-state index contributed by atoms with van der Waals surface area (Å²) in [6.07, 6.45) is 3.41. The van der Waals surface area contributed by atoms with Gasteiger partial charge in [-0.3, -0.25) is 0 Å². The number of quaternary nitrogens is 2. The molecule has 6 nitrogen and oxygen atoms in total. The van der Waals surface area contributed by atoms with Gasteiger partial charge in [0, 0.05) is 5.56 Å². The fourth-order valence-corrected chi connectivity index (χ4v) is 3.35. The first-order valence-corrected chi connectivity index (χ1v) is 10.4. The number of methoxy groups -OCH3 is 2. The average molecular weight is 417 g/mol. The van der Waals surface area contributed by atoms with E-state index in [1.807, 2.05) is 49.4 Å². The van der Waals surface area contributed by atoms with E-state index in [2.05, 4.69) is 31.5 Å². The molecule has 0 aliphatic rings. The molecule has 0 spiro atoms. The Kier molecular flexibility index (Phi) is 9.67. The summed E-state index contributed by atoms with van der Waals surface area (Å²) in [5, 5.41) is 12.5. The summed E-state index contributed by atoms with van der Waals surface area (Å²) in [5.41, 5.74) is 2.30. The number of hydrogen-bond acceptors (Lipinski definition) is 4. The summed E-state index contributed by atoms with van der Waals surface area (Å²) in [7, 11) is 7.58. The standard InChI is InChI=1S/C24H34N2O4/c1-6-7-18-8-13-23(24(14-18)29-5)30-17-20(27)15-25-16-22(26(2)3)19-9-11-21(28-4)12-10-19/h6-14,20,22,25,27H,15-17H2,1-5H3/p+2/b7-6+/t20-,22+/m1/s1. The first-order valence-electron chi connectivity index (χ1n) is 10.4. The number of allylic oxidation sites excluding steroid dienone is 1. The number of likely N-dealkylation sites (N-methyl/N-ethyl adjacent to an activating group) is 1. The van der Waals surface area contributed by atoms with Crippen LogP contribution in [0.3, 0.4) is 0 Å². The zero-order valence-corrected chi connectivity index (χ0v) is 18.7. The molecule has 0 unspecified atom stereocenters. The van der Waals surface area contributed by atoms with Crippen molar-refractivity contribution in [1.82, 2.24) is 0 Å². The van der Waals surface area contributed by atoms with Crippen molar-refractivity contribution in [3.8, 4) is 17.2 Å². The monoisotopic (exact) mass is 416 g/mol. The van der Waals surface area contributed by atoms with Crippen LogP contribution in [0.5, 0.6) is 17.2 Å². The van der Waals surface area contributed by atoms with Crippen molar-refractivity contribution in [3.63, 3.8) is 0 Å². The molecule has 2 atom stereocenters. The molecule has 2 rings (SSSR count). The van der Waals surface area contributed by atoms with Gasteiger partial charge in [0.1, 0.15) is 31.5 Å². The second-order valence-electron chi connectivity index (χ2n) is 7.54. The summed E-state index contributed by atoms with van der Waals surface area (Å²) in [6.45, 7) is 3.63. The average Bonchev–Trinajstić information content (AvgIpc) is 2.75. The van der Waals surface area contributed by atoms with Gasteiger partial charge < -0.3 is 29.5 Å². The Labute approximate surface area is 180 Å². The van der Waals surface area contributed by atoms with Gasteiger partial charge in [0.25, 0.3) is 0 Å². The highest BCUT2D eigenvalue weighted by atomic mass is 16.5. The molecule has 2 aromatic rings. The topological polar surface area (TPSA) is 69.0 Å². The third-order valence-corrected chi connectivity index (χ3v) is 5.03. The van der Waals surface area contributed by atoms with Crippen LogP contribution in [0.1, 0.15) is 24.1 Å². The molecule has 0 aliphatic heterocycles. The van der Waals surface area contributed by atoms with Gasteiger partial charge in [0.05, 0.1) is 28.3 Å². The number of nitrogens with two attached hydrogens (primary N) is 1. The van der Waals surface area contributed by atoms with E-state index >= 15 is 0 Å². The lowest BCUT2D eigenvalue weighted by molar-refractivity contribution is -0.909. The molecule has 0 radical (unpaired) electrons. The Balaban J connectivity index is 1.85. The zero-order chi connectivity index (χ0) is 21.9. The molecule has 30 heavy (non-hydrogen) atoms. The molecule has 0 heterocycles. The van der Waals surface area contributed by atoms with E-state index in [0.29, 0.717) is 24.1 Å². The molecule has 0 saturated heterocycles. The van der Waals surface area contributed by atoms with Crippen LogP contribution in [0.15, 0.2) is 48.5 Å². The van der Waals surface area contributed by atoms with Crippen molar-refractivity contribution in [2.45, 2.75) is 19.1 Å². The molecule has 0 amide bonds. The lowest BCUT2D eigenvalue weighted by Gasteiger charge is -2.21. The van der Waals surface area contributed by atoms with E-state index in [4.69, 9.17) is 14.2 Å². The second-order valence-corrected chi connectivity index (χ2v) is 7.54. The number of aliphatic hydroxyl groups is 1. The van der Waals surface area contributed by atoms with Gasteiger partial charge in [0.2, 0.25) is 0 Å². The fourth-order valence-electron chi connectivity index (χ4n) is 3.35.